The lowest BCUT2D eigenvalue weighted by Gasteiger charge is -2.25. The molecule has 1 N–H and O–H groups in total. The predicted molar refractivity (Wildman–Crippen MR) is 146 cm³/mol. The molecule has 10 heteroatoms. The Labute approximate surface area is 231 Å². The summed E-state index contributed by atoms with van der Waals surface area (Å²) < 4.78 is 42.4. The Morgan fingerprint density at radius 1 is 1.12 bits per heavy atom. The van der Waals surface area contributed by atoms with Crippen LogP contribution in [0, 0.1) is 30.1 Å². The fraction of sp³-hybridized carbons (Fsp3) is 0.267. The molecular weight excluding hydrogens is 531 g/mol. The number of sulfone groups is 1. The number of halogens is 1. The Morgan fingerprint density at radius 3 is 2.48 bits per heavy atom. The van der Waals surface area contributed by atoms with E-state index in [1.165, 1.54) is 22.8 Å². The van der Waals surface area contributed by atoms with Crippen LogP contribution < -0.4 is 5.56 Å². The molecule has 1 fully saturated rings. The monoisotopic (exact) mass is 558 g/mol. The summed E-state index contributed by atoms with van der Waals surface area (Å²) in [5.74, 6) is -0.671. The van der Waals surface area contributed by atoms with Crippen molar-refractivity contribution in [2.24, 2.45) is 5.92 Å². The van der Waals surface area contributed by atoms with E-state index in [2.05, 4.69) is 16.0 Å². The van der Waals surface area contributed by atoms with Crippen LogP contribution >= 0.6 is 0 Å². The third-order valence-electron chi connectivity index (χ3n) is 7.20. The molecule has 2 aromatic heterocycles. The van der Waals surface area contributed by atoms with Crippen molar-refractivity contribution in [3.63, 3.8) is 0 Å². The summed E-state index contributed by atoms with van der Waals surface area (Å²) in [6.45, 7) is 3.52. The first-order valence-corrected chi connectivity index (χ1v) is 14.5. The minimum absolute atomic E-state index is 0.195. The van der Waals surface area contributed by atoms with E-state index in [-0.39, 0.29) is 4.90 Å². The van der Waals surface area contributed by atoms with Crippen molar-refractivity contribution in [2.75, 3.05) is 0 Å². The van der Waals surface area contributed by atoms with Crippen LogP contribution in [0.4, 0.5) is 4.39 Å². The maximum Gasteiger partial charge on any atom is 0.296 e. The average Bonchev–Trinajstić information content (AvgIpc) is 3.75. The molecule has 0 saturated heterocycles. The summed E-state index contributed by atoms with van der Waals surface area (Å²) in [4.78, 5) is 20.2. The van der Waals surface area contributed by atoms with Gasteiger partial charge in [0.25, 0.3) is 5.56 Å². The molecule has 1 atom stereocenters. The first kappa shape index (κ1) is 27.2. The highest BCUT2D eigenvalue weighted by Crippen LogP contribution is 2.37. The molecule has 1 unspecified atom stereocenters. The molecular formula is C30H27FN4O4S. The van der Waals surface area contributed by atoms with E-state index < -0.39 is 38.2 Å². The molecule has 0 aliphatic heterocycles. The normalized spacial score (nSPS) is 14.1. The van der Waals surface area contributed by atoms with Crippen molar-refractivity contribution in [1.82, 2.24) is 14.5 Å². The Kier molecular flexibility index (Phi) is 7.25. The van der Waals surface area contributed by atoms with Crippen molar-refractivity contribution in [1.29, 1.82) is 5.26 Å². The van der Waals surface area contributed by atoms with Crippen LogP contribution in [-0.2, 0) is 16.3 Å². The highest BCUT2D eigenvalue weighted by molar-refractivity contribution is 7.91. The second kappa shape index (κ2) is 10.7. The van der Waals surface area contributed by atoms with E-state index in [0.29, 0.717) is 52.5 Å². The van der Waals surface area contributed by atoms with Gasteiger partial charge in [0.05, 0.1) is 22.6 Å². The fourth-order valence-corrected chi connectivity index (χ4v) is 6.33. The smallest absolute Gasteiger partial charge is 0.296 e. The van der Waals surface area contributed by atoms with Crippen LogP contribution in [0.5, 0.6) is 5.88 Å². The summed E-state index contributed by atoms with van der Waals surface area (Å²) in [6, 6.07) is 17.0. The summed E-state index contributed by atoms with van der Waals surface area (Å²) in [5.41, 5.74) is 1.78. The lowest BCUT2D eigenvalue weighted by atomic mass is 10.0. The van der Waals surface area contributed by atoms with Crippen LogP contribution in [0.25, 0.3) is 11.1 Å². The molecule has 2 aromatic carbocycles. The molecule has 0 spiro atoms. The average molecular weight is 559 g/mol. The zero-order valence-corrected chi connectivity index (χ0v) is 22.8. The number of nitriles is 1. The maximum absolute atomic E-state index is 13.8. The van der Waals surface area contributed by atoms with Gasteiger partial charge in [-0.05, 0) is 79.6 Å². The van der Waals surface area contributed by atoms with Gasteiger partial charge < -0.3 is 5.11 Å². The Bertz CT molecular complexity index is 1810. The van der Waals surface area contributed by atoms with Crippen LogP contribution in [0.1, 0.15) is 54.9 Å². The molecule has 1 saturated carbocycles. The number of pyridine rings is 1. The van der Waals surface area contributed by atoms with Gasteiger partial charge in [-0.25, -0.2) is 13.4 Å². The Morgan fingerprint density at radius 2 is 1.85 bits per heavy atom. The topological polar surface area (TPSA) is 126 Å². The first-order valence-electron chi connectivity index (χ1n) is 13.0. The van der Waals surface area contributed by atoms with Crippen LogP contribution in [-0.4, -0.2) is 28.1 Å². The Hall–Kier alpha value is -4.36. The van der Waals surface area contributed by atoms with Crippen molar-refractivity contribution < 1.29 is 17.9 Å². The minimum Gasteiger partial charge on any atom is -0.493 e. The lowest BCUT2D eigenvalue weighted by Crippen LogP contribution is -2.27. The number of hydrogen-bond donors (Lipinski definition) is 1. The molecule has 1 aliphatic rings. The molecule has 2 heterocycles. The SMILES string of the molecule is CCC(c1cccc(C#N)c1)n1c(CC2CC2)nc(=O)c(S(=O)(=O)c2ccc(-c3ccc(F)nc3C)cc2)c1O. The van der Waals surface area contributed by atoms with Gasteiger partial charge in [0.1, 0.15) is 5.82 Å². The molecule has 5 rings (SSSR count). The van der Waals surface area contributed by atoms with Crippen molar-refractivity contribution >= 4 is 9.84 Å². The number of aromatic hydroxyl groups is 1. The van der Waals surface area contributed by atoms with Crippen molar-refractivity contribution in [3.05, 3.63) is 99.6 Å². The summed E-state index contributed by atoms with van der Waals surface area (Å²) >= 11 is 0. The highest BCUT2D eigenvalue weighted by Gasteiger charge is 2.34. The van der Waals surface area contributed by atoms with E-state index in [0.717, 1.165) is 12.8 Å². The fourth-order valence-electron chi connectivity index (χ4n) is 4.99. The summed E-state index contributed by atoms with van der Waals surface area (Å²) in [6.07, 6.45) is 2.81. The second-order valence-electron chi connectivity index (χ2n) is 9.96. The third kappa shape index (κ3) is 5.12. The van der Waals surface area contributed by atoms with Crippen LogP contribution in [0.15, 0.2) is 75.2 Å². The molecule has 0 bridgehead atoms. The van der Waals surface area contributed by atoms with E-state index >= 15 is 0 Å². The van der Waals surface area contributed by atoms with E-state index in [9.17, 15) is 28.0 Å². The third-order valence-corrected chi connectivity index (χ3v) is 8.98. The molecule has 0 radical (unpaired) electrons. The zero-order valence-electron chi connectivity index (χ0n) is 22.0. The Balaban J connectivity index is 1.63. The van der Waals surface area contributed by atoms with E-state index in [1.54, 1.807) is 49.4 Å². The zero-order chi connectivity index (χ0) is 28.6. The van der Waals surface area contributed by atoms with Crippen LogP contribution in [0.2, 0.25) is 0 Å². The lowest BCUT2D eigenvalue weighted by molar-refractivity contribution is 0.357. The molecule has 4 aromatic rings. The molecule has 0 amide bonds. The van der Waals surface area contributed by atoms with Crippen molar-refractivity contribution in [2.45, 2.75) is 55.4 Å². The number of aromatic nitrogens is 3. The van der Waals surface area contributed by atoms with Gasteiger partial charge in [0, 0.05) is 17.7 Å². The van der Waals surface area contributed by atoms with Crippen LogP contribution in [0.3, 0.4) is 0 Å². The number of rotatable bonds is 8. The van der Waals surface area contributed by atoms with E-state index in [4.69, 9.17) is 0 Å². The first-order chi connectivity index (χ1) is 19.1. The number of aryl methyl sites for hydroxylation is 1. The highest BCUT2D eigenvalue weighted by atomic mass is 32.2. The number of hydrogen-bond acceptors (Lipinski definition) is 7. The number of nitrogens with zero attached hydrogens (tertiary/aromatic N) is 4. The van der Waals surface area contributed by atoms with Gasteiger partial charge in [-0.3, -0.25) is 9.36 Å². The van der Waals surface area contributed by atoms with Gasteiger partial charge in [0.15, 0.2) is 4.90 Å². The van der Waals surface area contributed by atoms with Gasteiger partial charge in [0.2, 0.25) is 21.7 Å². The van der Waals surface area contributed by atoms with Gasteiger partial charge in [-0.15, -0.1) is 0 Å². The van der Waals surface area contributed by atoms with Crippen molar-refractivity contribution in [3.8, 4) is 23.1 Å². The van der Waals surface area contributed by atoms with Gasteiger partial charge >= 0.3 is 0 Å². The maximum atomic E-state index is 13.8. The second-order valence-corrected chi connectivity index (χ2v) is 11.8. The summed E-state index contributed by atoms with van der Waals surface area (Å²) in [5, 5.41) is 20.9. The van der Waals surface area contributed by atoms with Gasteiger partial charge in [-0.2, -0.15) is 14.6 Å². The molecule has 204 valence electrons. The predicted octanol–water partition coefficient (Wildman–Crippen LogP) is 5.11. The standard InChI is InChI=1S/C30H27FN4O4S/c1-3-25(22-6-4-5-20(15-22)17-32)35-27(16-19-7-8-19)34-29(36)28(30(35)37)40(38,39)23-11-9-21(10-12-23)24-13-14-26(31)33-18(24)2/h4-6,9-15,19,25,37H,3,7-8,16H2,1-2H3. The molecule has 40 heavy (non-hydrogen) atoms. The molecule has 8 nitrogen and oxygen atoms in total. The molecule has 1 aliphatic carbocycles. The number of benzene rings is 2. The minimum atomic E-state index is -4.48. The van der Waals surface area contributed by atoms with E-state index in [1.807, 2.05) is 6.92 Å². The quantitative estimate of drug-likeness (QED) is 0.298. The summed E-state index contributed by atoms with van der Waals surface area (Å²) in [7, 11) is -4.48. The van der Waals surface area contributed by atoms with Gasteiger partial charge in [-0.1, -0.05) is 31.2 Å². The largest absolute Gasteiger partial charge is 0.493 e.